The van der Waals surface area contributed by atoms with Gasteiger partial charge in [0, 0.05) is 24.1 Å². The lowest BCUT2D eigenvalue weighted by Gasteiger charge is -2.22. The molecule has 0 radical (unpaired) electrons. The summed E-state index contributed by atoms with van der Waals surface area (Å²) in [5.74, 6) is 0. The molecule has 20 heavy (non-hydrogen) atoms. The van der Waals surface area contributed by atoms with Gasteiger partial charge in [0.15, 0.2) is 5.22 Å². The highest BCUT2D eigenvalue weighted by molar-refractivity contribution is 6.30. The Morgan fingerprint density at radius 3 is 3.00 bits per heavy atom. The number of ether oxygens (including phenoxy) is 1. The van der Waals surface area contributed by atoms with E-state index in [-0.39, 0.29) is 0 Å². The summed E-state index contributed by atoms with van der Waals surface area (Å²) < 4.78 is 11.3. The number of hydrogen-bond donors (Lipinski definition) is 1. The van der Waals surface area contributed by atoms with Gasteiger partial charge in [-0.25, -0.2) is 0 Å². The molecule has 1 aliphatic rings. The van der Waals surface area contributed by atoms with Gasteiger partial charge >= 0.3 is 0 Å². The first-order chi connectivity index (χ1) is 9.84. The number of nitrogens with one attached hydrogen (secondary N) is 1. The van der Waals surface area contributed by atoms with Crippen molar-refractivity contribution in [2.45, 2.75) is 38.3 Å². The fourth-order valence-corrected chi connectivity index (χ4v) is 3.00. The highest BCUT2D eigenvalue weighted by atomic mass is 35.5. The van der Waals surface area contributed by atoms with Crippen LogP contribution < -0.4 is 5.32 Å². The Labute approximate surface area is 124 Å². The van der Waals surface area contributed by atoms with Gasteiger partial charge in [-0.2, -0.15) is 0 Å². The van der Waals surface area contributed by atoms with Crippen molar-refractivity contribution in [1.29, 1.82) is 0 Å². The van der Waals surface area contributed by atoms with E-state index in [4.69, 9.17) is 20.8 Å². The van der Waals surface area contributed by atoms with Crippen molar-refractivity contribution in [3.05, 3.63) is 35.0 Å². The number of fused-ring (bicyclic) bond motifs is 1. The topological polar surface area (TPSA) is 34.4 Å². The van der Waals surface area contributed by atoms with E-state index in [1.807, 2.05) is 24.3 Å². The zero-order valence-corrected chi connectivity index (χ0v) is 12.3. The average Bonchev–Trinajstić information content (AvgIpc) is 2.80. The first kappa shape index (κ1) is 13.9. The van der Waals surface area contributed by atoms with Gasteiger partial charge in [-0.15, -0.1) is 0 Å². The van der Waals surface area contributed by atoms with E-state index in [1.54, 1.807) is 0 Å². The van der Waals surface area contributed by atoms with Gasteiger partial charge in [0.05, 0.1) is 6.10 Å². The summed E-state index contributed by atoms with van der Waals surface area (Å²) in [4.78, 5) is 0. The summed E-state index contributed by atoms with van der Waals surface area (Å²) in [6.07, 6.45) is 5.18. The molecule has 1 unspecified atom stereocenters. The van der Waals surface area contributed by atoms with E-state index in [0.717, 1.165) is 42.6 Å². The Hall–Kier alpha value is -1.03. The van der Waals surface area contributed by atoms with E-state index in [1.165, 1.54) is 19.3 Å². The number of halogens is 1. The van der Waals surface area contributed by atoms with Crippen molar-refractivity contribution >= 4 is 22.6 Å². The van der Waals surface area contributed by atoms with Crippen molar-refractivity contribution in [1.82, 2.24) is 5.32 Å². The Balaban J connectivity index is 1.53. The van der Waals surface area contributed by atoms with Crippen LogP contribution in [-0.4, -0.2) is 19.3 Å². The molecule has 1 fully saturated rings. The fourth-order valence-electron chi connectivity index (χ4n) is 2.75. The Bertz CT molecular complexity index is 561. The van der Waals surface area contributed by atoms with E-state index in [2.05, 4.69) is 5.32 Å². The molecule has 0 amide bonds. The molecule has 3 nitrogen and oxygen atoms in total. The predicted octanol–water partition coefficient (Wildman–Crippen LogP) is 4.14. The van der Waals surface area contributed by atoms with Gasteiger partial charge in [-0.3, -0.25) is 0 Å². The minimum Gasteiger partial charge on any atom is -0.444 e. The van der Waals surface area contributed by atoms with Crippen LogP contribution in [-0.2, 0) is 11.3 Å². The molecule has 2 heterocycles. The SMILES string of the molecule is Clc1oc2ccccc2c1CNCCC1CCCCO1. The first-order valence-corrected chi connectivity index (χ1v) is 7.70. The second kappa shape index (κ2) is 6.61. The van der Waals surface area contributed by atoms with Gasteiger partial charge in [0.2, 0.25) is 0 Å². The van der Waals surface area contributed by atoms with E-state index >= 15 is 0 Å². The van der Waals surface area contributed by atoms with Crippen LogP contribution in [0.2, 0.25) is 5.22 Å². The molecule has 4 heteroatoms. The minimum absolute atomic E-state index is 0.424. The number of furan rings is 1. The molecule has 0 saturated carbocycles. The Kier molecular flexibility index (Phi) is 4.61. The first-order valence-electron chi connectivity index (χ1n) is 7.33. The number of para-hydroxylation sites is 1. The van der Waals surface area contributed by atoms with Crippen LogP contribution in [0.3, 0.4) is 0 Å². The molecule has 1 atom stereocenters. The minimum atomic E-state index is 0.424. The lowest BCUT2D eigenvalue weighted by molar-refractivity contribution is 0.0115. The fraction of sp³-hybridized carbons (Fsp3) is 0.500. The summed E-state index contributed by atoms with van der Waals surface area (Å²) in [6.45, 7) is 2.60. The molecule has 1 aromatic carbocycles. The Morgan fingerprint density at radius 2 is 2.15 bits per heavy atom. The van der Waals surface area contributed by atoms with Crippen LogP contribution in [0.25, 0.3) is 11.0 Å². The molecule has 1 N–H and O–H groups in total. The molecule has 0 bridgehead atoms. The average molecular weight is 294 g/mol. The van der Waals surface area contributed by atoms with Gasteiger partial charge in [0.25, 0.3) is 0 Å². The smallest absolute Gasteiger partial charge is 0.199 e. The van der Waals surface area contributed by atoms with Crippen molar-refractivity contribution in [3.63, 3.8) is 0 Å². The molecule has 3 rings (SSSR count). The van der Waals surface area contributed by atoms with Crippen LogP contribution in [0.5, 0.6) is 0 Å². The molecule has 2 aromatic rings. The van der Waals surface area contributed by atoms with Crippen LogP contribution >= 0.6 is 11.6 Å². The third kappa shape index (κ3) is 3.17. The second-order valence-corrected chi connectivity index (χ2v) is 5.65. The quantitative estimate of drug-likeness (QED) is 0.842. The van der Waals surface area contributed by atoms with E-state index < -0.39 is 0 Å². The second-order valence-electron chi connectivity index (χ2n) is 5.30. The van der Waals surface area contributed by atoms with Gasteiger partial charge in [-0.05, 0) is 49.9 Å². The van der Waals surface area contributed by atoms with Crippen LogP contribution in [0, 0.1) is 0 Å². The molecule has 1 aromatic heterocycles. The number of rotatable bonds is 5. The normalized spacial score (nSPS) is 19.6. The maximum Gasteiger partial charge on any atom is 0.199 e. The monoisotopic (exact) mass is 293 g/mol. The van der Waals surface area contributed by atoms with Crippen molar-refractivity contribution in [2.24, 2.45) is 0 Å². The lowest BCUT2D eigenvalue weighted by atomic mass is 10.1. The van der Waals surface area contributed by atoms with E-state index in [9.17, 15) is 0 Å². The summed E-state index contributed by atoms with van der Waals surface area (Å²) >= 11 is 6.16. The maximum atomic E-state index is 6.16. The van der Waals surface area contributed by atoms with Gasteiger partial charge in [0.1, 0.15) is 5.58 Å². The van der Waals surface area contributed by atoms with Crippen molar-refractivity contribution in [3.8, 4) is 0 Å². The summed E-state index contributed by atoms with van der Waals surface area (Å²) in [5, 5.41) is 5.03. The number of hydrogen-bond acceptors (Lipinski definition) is 3. The predicted molar refractivity (Wildman–Crippen MR) is 81.1 cm³/mol. The highest BCUT2D eigenvalue weighted by Gasteiger charge is 2.14. The molecular formula is C16H20ClNO2. The molecule has 1 aliphatic heterocycles. The van der Waals surface area contributed by atoms with Crippen LogP contribution in [0.4, 0.5) is 0 Å². The summed E-state index contributed by atoms with van der Waals surface area (Å²) in [7, 11) is 0. The van der Waals surface area contributed by atoms with Crippen molar-refractivity contribution in [2.75, 3.05) is 13.2 Å². The standard InChI is InChI=1S/C16H20ClNO2/c17-16-14(13-6-1-2-7-15(13)20-16)11-18-9-8-12-5-3-4-10-19-12/h1-2,6-7,12,18H,3-5,8-11H2. The van der Waals surface area contributed by atoms with Gasteiger partial charge < -0.3 is 14.5 Å². The highest BCUT2D eigenvalue weighted by Crippen LogP contribution is 2.29. The lowest BCUT2D eigenvalue weighted by Crippen LogP contribution is -2.25. The largest absolute Gasteiger partial charge is 0.444 e. The molecule has 0 spiro atoms. The molecule has 0 aliphatic carbocycles. The van der Waals surface area contributed by atoms with E-state index in [0.29, 0.717) is 11.3 Å². The van der Waals surface area contributed by atoms with Gasteiger partial charge in [-0.1, -0.05) is 18.2 Å². The molecule has 108 valence electrons. The van der Waals surface area contributed by atoms with Crippen LogP contribution in [0.15, 0.2) is 28.7 Å². The van der Waals surface area contributed by atoms with Crippen LogP contribution in [0.1, 0.15) is 31.2 Å². The zero-order chi connectivity index (χ0) is 13.8. The maximum absolute atomic E-state index is 6.16. The molecular weight excluding hydrogens is 274 g/mol. The Morgan fingerprint density at radius 1 is 1.25 bits per heavy atom. The summed E-state index contributed by atoms with van der Waals surface area (Å²) in [6, 6.07) is 7.96. The third-order valence-corrected chi connectivity index (χ3v) is 4.17. The molecule has 1 saturated heterocycles. The third-order valence-electron chi connectivity index (χ3n) is 3.87. The number of benzene rings is 1. The van der Waals surface area contributed by atoms with Crippen molar-refractivity contribution < 1.29 is 9.15 Å². The summed E-state index contributed by atoms with van der Waals surface area (Å²) in [5.41, 5.74) is 1.90. The zero-order valence-electron chi connectivity index (χ0n) is 11.5.